The predicted molar refractivity (Wildman–Crippen MR) is 38.0 cm³/mol. The number of allylic oxidation sites excluding steroid dienone is 4. The predicted octanol–water partition coefficient (Wildman–Crippen LogP) is 1.97. The van der Waals surface area contributed by atoms with Crippen LogP contribution in [0.3, 0.4) is 0 Å². The molecule has 0 unspecified atom stereocenters. The molecule has 0 aliphatic heterocycles. The van der Waals surface area contributed by atoms with Gasteiger partial charge in [-0.25, -0.2) is 0 Å². The number of hydrogen-bond acceptors (Lipinski definition) is 0. The lowest BCUT2D eigenvalue weighted by molar-refractivity contribution is 1.39. The van der Waals surface area contributed by atoms with Gasteiger partial charge in [-0.15, -0.1) is 0 Å². The van der Waals surface area contributed by atoms with Crippen molar-refractivity contribution in [1.29, 1.82) is 0 Å². The lowest BCUT2D eigenvalue weighted by Gasteiger charge is -1.94. The third kappa shape index (κ3) is 1.03. The largest absolute Gasteiger partial charge is 0.169 e. The van der Waals surface area contributed by atoms with Crippen LogP contribution in [0.4, 0.5) is 0 Å². The van der Waals surface area contributed by atoms with Crippen LogP contribution in [0.1, 0.15) is 6.42 Å². The Morgan fingerprint density at radius 2 is 2.38 bits per heavy atom. The third-order valence-electron chi connectivity index (χ3n) is 1.34. The van der Waals surface area contributed by atoms with E-state index in [0.29, 0.717) is 6.71 Å². The maximum absolute atomic E-state index is 3.26. The van der Waals surface area contributed by atoms with E-state index < -0.39 is 0 Å². The fourth-order valence-corrected chi connectivity index (χ4v) is 0.818. The molecule has 0 saturated carbocycles. The molecular formula is C7H10B. The fourth-order valence-electron chi connectivity index (χ4n) is 0.818. The standard InChI is InChI=1S/C7H10B/c1-8(2)7-5-3-4-6-7/h3,5H,4H2,1-2H3. The van der Waals surface area contributed by atoms with Gasteiger partial charge in [-0.3, -0.25) is 0 Å². The second-order valence-corrected chi connectivity index (χ2v) is 2.39. The van der Waals surface area contributed by atoms with Crippen molar-refractivity contribution in [2.24, 2.45) is 0 Å². The van der Waals surface area contributed by atoms with E-state index >= 15 is 0 Å². The zero-order valence-electron chi connectivity index (χ0n) is 5.44. The minimum atomic E-state index is 0.661. The van der Waals surface area contributed by atoms with Crippen LogP contribution >= 0.6 is 0 Å². The van der Waals surface area contributed by atoms with E-state index in [1.54, 1.807) is 0 Å². The normalized spacial score (nSPS) is 16.5. The molecule has 41 valence electrons. The summed E-state index contributed by atoms with van der Waals surface area (Å²) in [4.78, 5) is 0. The summed E-state index contributed by atoms with van der Waals surface area (Å²) in [6.45, 7) is 5.05. The van der Waals surface area contributed by atoms with Gasteiger partial charge in [0.25, 0.3) is 0 Å². The molecule has 0 aromatic carbocycles. The Labute approximate surface area is 51.4 Å². The fraction of sp³-hybridized carbons (Fsp3) is 0.429. The summed E-state index contributed by atoms with van der Waals surface area (Å²) in [5.74, 6) is 0. The van der Waals surface area contributed by atoms with E-state index in [1.807, 2.05) is 0 Å². The lowest BCUT2D eigenvalue weighted by atomic mass is 9.49. The van der Waals surface area contributed by atoms with E-state index in [-0.39, 0.29) is 0 Å². The molecule has 1 radical (unpaired) electrons. The van der Waals surface area contributed by atoms with Gasteiger partial charge in [0.05, 0.1) is 0 Å². The van der Waals surface area contributed by atoms with Crippen LogP contribution in [0.15, 0.2) is 17.6 Å². The first-order valence-corrected chi connectivity index (χ1v) is 3.08. The van der Waals surface area contributed by atoms with Crippen molar-refractivity contribution in [3.63, 3.8) is 0 Å². The van der Waals surface area contributed by atoms with Crippen LogP contribution < -0.4 is 0 Å². The third-order valence-corrected chi connectivity index (χ3v) is 1.34. The van der Waals surface area contributed by atoms with Gasteiger partial charge in [0.15, 0.2) is 6.71 Å². The average Bonchev–Trinajstić information content (AvgIpc) is 2.12. The van der Waals surface area contributed by atoms with Gasteiger partial charge >= 0.3 is 0 Å². The minimum Gasteiger partial charge on any atom is -0.0819 e. The van der Waals surface area contributed by atoms with Crippen molar-refractivity contribution < 1.29 is 0 Å². The van der Waals surface area contributed by atoms with Gasteiger partial charge in [0.2, 0.25) is 0 Å². The van der Waals surface area contributed by atoms with Crippen LogP contribution in [-0.4, -0.2) is 6.71 Å². The highest BCUT2D eigenvalue weighted by molar-refractivity contribution is 6.64. The maximum Gasteiger partial charge on any atom is 0.169 e. The average molecular weight is 105 g/mol. The molecule has 0 amide bonds. The summed E-state index contributed by atoms with van der Waals surface area (Å²) in [5.41, 5.74) is 1.37. The zero-order chi connectivity index (χ0) is 5.98. The van der Waals surface area contributed by atoms with Gasteiger partial charge in [-0.1, -0.05) is 31.3 Å². The van der Waals surface area contributed by atoms with Crippen LogP contribution in [0.25, 0.3) is 0 Å². The zero-order valence-corrected chi connectivity index (χ0v) is 5.44. The summed E-state index contributed by atoms with van der Waals surface area (Å²) in [6, 6.07) is 0. The van der Waals surface area contributed by atoms with E-state index in [4.69, 9.17) is 0 Å². The summed E-state index contributed by atoms with van der Waals surface area (Å²) in [7, 11) is 0. The molecule has 0 bridgehead atoms. The Morgan fingerprint density at radius 3 is 2.62 bits per heavy atom. The smallest absolute Gasteiger partial charge is 0.0819 e. The second-order valence-electron chi connectivity index (χ2n) is 2.39. The van der Waals surface area contributed by atoms with Gasteiger partial charge < -0.3 is 0 Å². The lowest BCUT2D eigenvalue weighted by Crippen LogP contribution is -2.01. The van der Waals surface area contributed by atoms with Crippen molar-refractivity contribution in [2.45, 2.75) is 20.1 Å². The molecule has 1 aliphatic rings. The molecule has 0 nitrogen and oxygen atoms in total. The van der Waals surface area contributed by atoms with Crippen molar-refractivity contribution in [2.75, 3.05) is 0 Å². The molecule has 0 fully saturated rings. The summed E-state index contributed by atoms with van der Waals surface area (Å²) >= 11 is 0. The van der Waals surface area contributed by atoms with Crippen molar-refractivity contribution in [3.05, 3.63) is 23.7 Å². The Hall–Kier alpha value is -0.455. The van der Waals surface area contributed by atoms with E-state index in [1.165, 1.54) is 5.47 Å². The molecule has 0 saturated heterocycles. The van der Waals surface area contributed by atoms with E-state index in [9.17, 15) is 0 Å². The Bertz CT molecular complexity index is 131. The van der Waals surface area contributed by atoms with Crippen LogP contribution in [0.5, 0.6) is 0 Å². The molecule has 0 heterocycles. The quantitative estimate of drug-likeness (QED) is 0.447. The Balaban J connectivity index is 2.58. The maximum atomic E-state index is 3.26. The SMILES string of the molecule is CB(C)C1=[C]CC=C1. The molecule has 1 rings (SSSR count). The molecule has 0 spiro atoms. The van der Waals surface area contributed by atoms with Crippen LogP contribution in [0, 0.1) is 6.08 Å². The highest BCUT2D eigenvalue weighted by Gasteiger charge is 2.04. The van der Waals surface area contributed by atoms with Gasteiger partial charge in [0.1, 0.15) is 0 Å². The topological polar surface area (TPSA) is 0 Å². The van der Waals surface area contributed by atoms with Crippen LogP contribution in [0.2, 0.25) is 13.6 Å². The molecule has 1 heteroatoms. The number of rotatable bonds is 1. The molecule has 0 aromatic rings. The Kier molecular flexibility index (Phi) is 1.57. The van der Waals surface area contributed by atoms with Gasteiger partial charge in [-0.2, -0.15) is 0 Å². The Morgan fingerprint density at radius 1 is 1.62 bits per heavy atom. The number of hydrogen-bond donors (Lipinski definition) is 0. The highest BCUT2D eigenvalue weighted by atomic mass is 13.9. The van der Waals surface area contributed by atoms with Crippen molar-refractivity contribution in [1.82, 2.24) is 0 Å². The first-order chi connectivity index (χ1) is 3.80. The molecule has 8 heavy (non-hydrogen) atoms. The molecule has 0 N–H and O–H groups in total. The summed E-state index contributed by atoms with van der Waals surface area (Å²) in [5, 5.41) is 0. The monoisotopic (exact) mass is 105 g/mol. The van der Waals surface area contributed by atoms with Crippen molar-refractivity contribution >= 4 is 6.71 Å². The van der Waals surface area contributed by atoms with Gasteiger partial charge in [-0.05, 0) is 12.5 Å². The first kappa shape index (κ1) is 5.68. The summed E-state index contributed by atoms with van der Waals surface area (Å²) < 4.78 is 0. The molecule has 1 aliphatic carbocycles. The highest BCUT2D eigenvalue weighted by Crippen LogP contribution is 2.10. The summed E-state index contributed by atoms with van der Waals surface area (Å²) in [6.07, 6.45) is 8.59. The second kappa shape index (κ2) is 2.21. The first-order valence-electron chi connectivity index (χ1n) is 3.08. The van der Waals surface area contributed by atoms with Gasteiger partial charge in [0, 0.05) is 0 Å². The van der Waals surface area contributed by atoms with Crippen LogP contribution in [-0.2, 0) is 0 Å². The molecule has 0 atom stereocenters. The minimum absolute atomic E-state index is 0.661. The molecular weight excluding hydrogens is 94.9 g/mol. The van der Waals surface area contributed by atoms with E-state index in [2.05, 4.69) is 31.9 Å². The molecule has 0 aromatic heterocycles. The van der Waals surface area contributed by atoms with E-state index in [0.717, 1.165) is 6.42 Å². The van der Waals surface area contributed by atoms with Crippen molar-refractivity contribution in [3.8, 4) is 0 Å².